The molecule has 0 aromatic carbocycles. The van der Waals surface area contributed by atoms with Crippen molar-refractivity contribution in [2.75, 3.05) is 26.2 Å². The number of hydrogen-bond acceptors (Lipinski definition) is 3. The van der Waals surface area contributed by atoms with E-state index in [0.29, 0.717) is 26.1 Å². The van der Waals surface area contributed by atoms with Crippen LogP contribution in [0.3, 0.4) is 0 Å². The van der Waals surface area contributed by atoms with Gasteiger partial charge in [-0.2, -0.15) is 0 Å². The lowest BCUT2D eigenvalue weighted by Gasteiger charge is -2.23. The summed E-state index contributed by atoms with van der Waals surface area (Å²) >= 11 is 0. The van der Waals surface area contributed by atoms with Crippen molar-refractivity contribution in [3.05, 3.63) is 0 Å². The van der Waals surface area contributed by atoms with Gasteiger partial charge in [-0.3, -0.25) is 9.59 Å². The number of hydrogen-bond donors (Lipinski definition) is 1. The van der Waals surface area contributed by atoms with Gasteiger partial charge in [-0.25, -0.2) is 0 Å². The van der Waals surface area contributed by atoms with Gasteiger partial charge >= 0.3 is 0 Å². The Morgan fingerprint density at radius 1 is 1.53 bits per heavy atom. The van der Waals surface area contributed by atoms with Crippen LogP contribution >= 0.6 is 0 Å². The lowest BCUT2D eigenvalue weighted by atomic mass is 10.3. The molecule has 1 unspecified atom stereocenters. The maximum Gasteiger partial charge on any atom is 0.242 e. The quantitative estimate of drug-likeness (QED) is 0.702. The summed E-state index contributed by atoms with van der Waals surface area (Å²) in [4.78, 5) is 24.3. The molecule has 1 heterocycles. The fourth-order valence-electron chi connectivity index (χ4n) is 1.58. The number of rotatable bonds is 4. The highest BCUT2D eigenvalue weighted by Gasteiger charge is 2.21. The third kappa shape index (κ3) is 3.87. The summed E-state index contributed by atoms with van der Waals surface area (Å²) in [6.45, 7) is 5.64. The monoisotopic (exact) mass is 214 g/mol. The zero-order valence-corrected chi connectivity index (χ0v) is 9.28. The average Bonchev–Trinajstić information content (AvgIpc) is 2.33. The maximum atomic E-state index is 11.6. The van der Waals surface area contributed by atoms with Crippen LogP contribution in [0.15, 0.2) is 0 Å². The van der Waals surface area contributed by atoms with E-state index in [2.05, 4.69) is 5.32 Å². The predicted molar refractivity (Wildman–Crippen MR) is 55.3 cm³/mol. The SMILES string of the molecule is CCOC(C)CN1CCC(=O)NCC1=O. The first-order chi connectivity index (χ1) is 7.13. The van der Waals surface area contributed by atoms with Crippen molar-refractivity contribution < 1.29 is 14.3 Å². The Hall–Kier alpha value is -1.10. The van der Waals surface area contributed by atoms with Crippen LogP contribution in [0.25, 0.3) is 0 Å². The summed E-state index contributed by atoms with van der Waals surface area (Å²) < 4.78 is 5.36. The summed E-state index contributed by atoms with van der Waals surface area (Å²) in [5, 5.41) is 2.56. The smallest absolute Gasteiger partial charge is 0.242 e. The second kappa shape index (κ2) is 5.70. The van der Waals surface area contributed by atoms with Crippen LogP contribution in [-0.4, -0.2) is 49.1 Å². The molecule has 0 aromatic heterocycles. The van der Waals surface area contributed by atoms with Crippen LogP contribution in [0.2, 0.25) is 0 Å². The molecule has 0 bridgehead atoms. The van der Waals surface area contributed by atoms with E-state index >= 15 is 0 Å². The molecule has 1 atom stereocenters. The normalized spacial score (nSPS) is 19.7. The molecule has 86 valence electrons. The summed E-state index contributed by atoms with van der Waals surface area (Å²) in [7, 11) is 0. The fourth-order valence-corrected chi connectivity index (χ4v) is 1.58. The standard InChI is InChI=1S/C10H18N2O3/c1-3-15-8(2)7-12-5-4-9(13)11-6-10(12)14/h8H,3-7H2,1-2H3,(H,11,13). The van der Waals surface area contributed by atoms with Crippen molar-refractivity contribution in [3.63, 3.8) is 0 Å². The minimum Gasteiger partial charge on any atom is -0.377 e. The number of ether oxygens (including phenoxy) is 1. The third-order valence-corrected chi connectivity index (χ3v) is 2.33. The third-order valence-electron chi connectivity index (χ3n) is 2.33. The highest BCUT2D eigenvalue weighted by molar-refractivity contribution is 5.87. The molecule has 1 N–H and O–H groups in total. The maximum absolute atomic E-state index is 11.6. The van der Waals surface area contributed by atoms with Crippen LogP contribution in [0.4, 0.5) is 0 Å². The van der Waals surface area contributed by atoms with Crippen LogP contribution in [-0.2, 0) is 14.3 Å². The highest BCUT2D eigenvalue weighted by Crippen LogP contribution is 2.02. The molecule has 2 amide bonds. The van der Waals surface area contributed by atoms with Gasteiger partial charge in [0.2, 0.25) is 11.8 Å². The zero-order valence-electron chi connectivity index (χ0n) is 9.28. The Labute approximate surface area is 89.8 Å². The zero-order chi connectivity index (χ0) is 11.3. The topological polar surface area (TPSA) is 58.6 Å². The van der Waals surface area contributed by atoms with Crippen molar-refractivity contribution in [1.29, 1.82) is 0 Å². The number of carbonyl (C=O) groups excluding carboxylic acids is 2. The Bertz CT molecular complexity index is 243. The van der Waals surface area contributed by atoms with E-state index in [1.54, 1.807) is 4.90 Å². The lowest BCUT2D eigenvalue weighted by Crippen LogP contribution is -2.40. The van der Waals surface area contributed by atoms with Crippen LogP contribution in [0, 0.1) is 0 Å². The molecule has 0 aromatic rings. The Morgan fingerprint density at radius 3 is 2.93 bits per heavy atom. The average molecular weight is 214 g/mol. The van der Waals surface area contributed by atoms with Crippen molar-refractivity contribution in [3.8, 4) is 0 Å². The first kappa shape index (κ1) is 12.0. The van der Waals surface area contributed by atoms with E-state index in [9.17, 15) is 9.59 Å². The molecule has 0 radical (unpaired) electrons. The van der Waals surface area contributed by atoms with Crippen LogP contribution < -0.4 is 5.32 Å². The van der Waals surface area contributed by atoms with Gasteiger partial charge in [0.1, 0.15) is 0 Å². The predicted octanol–water partition coefficient (Wildman–Crippen LogP) is -0.240. The van der Waals surface area contributed by atoms with Gasteiger partial charge in [0.05, 0.1) is 12.6 Å². The molecule has 0 saturated carbocycles. The molecule has 15 heavy (non-hydrogen) atoms. The van der Waals surface area contributed by atoms with E-state index in [1.807, 2.05) is 13.8 Å². The van der Waals surface area contributed by atoms with E-state index in [1.165, 1.54) is 0 Å². The second-order valence-electron chi connectivity index (χ2n) is 3.63. The minimum atomic E-state index is -0.0603. The molecule has 1 rings (SSSR count). The molecule has 1 fully saturated rings. The van der Waals surface area contributed by atoms with Crippen molar-refractivity contribution >= 4 is 11.8 Å². The number of carbonyl (C=O) groups is 2. The molecule has 1 aliphatic heterocycles. The van der Waals surface area contributed by atoms with Gasteiger partial charge in [0.25, 0.3) is 0 Å². The van der Waals surface area contributed by atoms with E-state index in [-0.39, 0.29) is 24.5 Å². The number of amides is 2. The molecule has 1 aliphatic rings. The van der Waals surface area contributed by atoms with E-state index in [4.69, 9.17) is 4.74 Å². The molecule has 5 heteroatoms. The summed E-state index contributed by atoms with van der Waals surface area (Å²) in [6.07, 6.45) is 0.400. The van der Waals surface area contributed by atoms with E-state index in [0.717, 1.165) is 0 Å². The fraction of sp³-hybridized carbons (Fsp3) is 0.800. The molecular weight excluding hydrogens is 196 g/mol. The summed E-state index contributed by atoms with van der Waals surface area (Å²) in [5.41, 5.74) is 0. The largest absolute Gasteiger partial charge is 0.377 e. The molecule has 0 aliphatic carbocycles. The Kier molecular flexibility index (Phi) is 4.55. The van der Waals surface area contributed by atoms with Crippen LogP contribution in [0.5, 0.6) is 0 Å². The highest BCUT2D eigenvalue weighted by atomic mass is 16.5. The van der Waals surface area contributed by atoms with Gasteiger partial charge in [-0.1, -0.05) is 0 Å². The minimum absolute atomic E-state index is 0.0205. The molecule has 1 saturated heterocycles. The van der Waals surface area contributed by atoms with Gasteiger partial charge in [-0.15, -0.1) is 0 Å². The number of nitrogens with one attached hydrogen (secondary N) is 1. The molecular formula is C10H18N2O3. The lowest BCUT2D eigenvalue weighted by molar-refractivity contribution is -0.131. The first-order valence-corrected chi connectivity index (χ1v) is 5.29. The van der Waals surface area contributed by atoms with Crippen molar-refractivity contribution in [2.45, 2.75) is 26.4 Å². The van der Waals surface area contributed by atoms with Gasteiger partial charge in [0.15, 0.2) is 0 Å². The first-order valence-electron chi connectivity index (χ1n) is 5.29. The summed E-state index contributed by atoms with van der Waals surface area (Å²) in [6, 6.07) is 0. The van der Waals surface area contributed by atoms with E-state index < -0.39 is 0 Å². The van der Waals surface area contributed by atoms with Crippen LogP contribution in [0.1, 0.15) is 20.3 Å². The number of nitrogens with zero attached hydrogens (tertiary/aromatic N) is 1. The van der Waals surface area contributed by atoms with Crippen molar-refractivity contribution in [1.82, 2.24) is 10.2 Å². The summed E-state index contributed by atoms with van der Waals surface area (Å²) in [5.74, 6) is -0.0951. The Balaban J connectivity index is 2.45. The molecule has 0 spiro atoms. The van der Waals surface area contributed by atoms with Gasteiger partial charge in [-0.05, 0) is 13.8 Å². The van der Waals surface area contributed by atoms with Crippen molar-refractivity contribution in [2.24, 2.45) is 0 Å². The van der Waals surface area contributed by atoms with Gasteiger partial charge < -0.3 is 15.0 Å². The Morgan fingerprint density at radius 2 is 2.27 bits per heavy atom. The second-order valence-corrected chi connectivity index (χ2v) is 3.63. The van der Waals surface area contributed by atoms with Gasteiger partial charge in [0, 0.05) is 26.1 Å². The molecule has 5 nitrogen and oxygen atoms in total.